The van der Waals surface area contributed by atoms with E-state index in [9.17, 15) is 4.79 Å². The van der Waals surface area contributed by atoms with Crippen LogP contribution in [0.3, 0.4) is 0 Å². The van der Waals surface area contributed by atoms with Gasteiger partial charge in [0.1, 0.15) is 5.75 Å². The minimum Gasteiger partial charge on any atom is -0.493 e. The Labute approximate surface area is 189 Å². The lowest BCUT2D eigenvalue weighted by atomic mass is 10.1. The molecule has 3 nitrogen and oxygen atoms in total. The molecule has 2 rings (SSSR count). The lowest BCUT2D eigenvalue weighted by molar-refractivity contribution is -0.116. The first kappa shape index (κ1) is 25.0. The summed E-state index contributed by atoms with van der Waals surface area (Å²) in [4.78, 5) is 12.2. The molecule has 0 spiro atoms. The predicted octanol–water partition coefficient (Wildman–Crippen LogP) is 7.95. The molecule has 3 heteroatoms. The van der Waals surface area contributed by atoms with Gasteiger partial charge in [-0.25, -0.2) is 0 Å². The molecule has 0 aliphatic rings. The fourth-order valence-electron chi connectivity index (χ4n) is 3.77. The van der Waals surface area contributed by atoms with Crippen LogP contribution in [0.5, 0.6) is 5.75 Å². The van der Waals surface area contributed by atoms with Crippen LogP contribution in [0, 0.1) is 0 Å². The second-order valence-electron chi connectivity index (χ2n) is 8.45. The van der Waals surface area contributed by atoms with E-state index in [4.69, 9.17) is 4.74 Å². The zero-order valence-corrected chi connectivity index (χ0v) is 19.4. The van der Waals surface area contributed by atoms with E-state index in [2.05, 4.69) is 24.4 Å². The summed E-state index contributed by atoms with van der Waals surface area (Å²) in [5, 5.41) is 3.01. The zero-order chi connectivity index (χ0) is 22.0. The Hall–Kier alpha value is -2.29. The van der Waals surface area contributed by atoms with Crippen molar-refractivity contribution in [2.75, 3.05) is 11.9 Å². The topological polar surface area (TPSA) is 38.3 Å². The number of hydrogen-bond donors (Lipinski definition) is 1. The molecule has 2 aromatic carbocycles. The molecule has 31 heavy (non-hydrogen) atoms. The molecule has 0 unspecified atom stereocenters. The zero-order valence-electron chi connectivity index (χ0n) is 19.4. The second kappa shape index (κ2) is 16.4. The van der Waals surface area contributed by atoms with E-state index in [0.29, 0.717) is 13.0 Å². The Morgan fingerprint density at radius 3 is 2.10 bits per heavy atom. The number of unbranched alkanes of at least 4 members (excludes halogenated alkanes) is 10. The third-order valence-electron chi connectivity index (χ3n) is 5.63. The smallest absolute Gasteiger partial charge is 0.224 e. The van der Waals surface area contributed by atoms with Gasteiger partial charge in [0, 0.05) is 24.6 Å². The van der Waals surface area contributed by atoms with E-state index in [0.717, 1.165) is 30.7 Å². The molecule has 0 bridgehead atoms. The molecule has 2 aromatic rings. The molecule has 1 N–H and O–H groups in total. The lowest BCUT2D eigenvalue weighted by Gasteiger charge is -2.09. The van der Waals surface area contributed by atoms with Gasteiger partial charge >= 0.3 is 0 Å². The van der Waals surface area contributed by atoms with Crippen LogP contribution in [0.2, 0.25) is 0 Å². The quantitative estimate of drug-likeness (QED) is 0.262. The number of hydrogen-bond acceptors (Lipinski definition) is 2. The summed E-state index contributed by atoms with van der Waals surface area (Å²) in [7, 11) is 0. The Kier molecular flexibility index (Phi) is 13.2. The van der Waals surface area contributed by atoms with E-state index in [1.165, 1.54) is 63.4 Å². The first-order valence-electron chi connectivity index (χ1n) is 12.3. The number of ether oxygens (including phenoxy) is 1. The minimum atomic E-state index is 0.0948. The van der Waals surface area contributed by atoms with Crippen molar-refractivity contribution in [1.82, 2.24) is 0 Å². The van der Waals surface area contributed by atoms with Gasteiger partial charge in [-0.2, -0.15) is 0 Å². The molecule has 0 saturated heterocycles. The Morgan fingerprint density at radius 1 is 0.774 bits per heavy atom. The number of nitrogens with one attached hydrogen (secondary N) is 1. The maximum atomic E-state index is 12.2. The summed E-state index contributed by atoms with van der Waals surface area (Å²) in [5.74, 6) is 0.890. The number of carbonyl (C=O) groups excluding carboxylic acids is 1. The van der Waals surface area contributed by atoms with Gasteiger partial charge in [0.05, 0.1) is 6.61 Å². The van der Waals surface area contributed by atoms with Crippen molar-refractivity contribution in [2.24, 2.45) is 0 Å². The first-order chi connectivity index (χ1) is 15.3. The largest absolute Gasteiger partial charge is 0.493 e. The summed E-state index contributed by atoms with van der Waals surface area (Å²) in [6.07, 6.45) is 15.7. The third kappa shape index (κ3) is 12.2. The van der Waals surface area contributed by atoms with Crippen molar-refractivity contribution >= 4 is 11.6 Å². The molecular formula is C28H41NO2. The second-order valence-corrected chi connectivity index (χ2v) is 8.45. The number of anilines is 1. The van der Waals surface area contributed by atoms with E-state index in [1.54, 1.807) is 0 Å². The summed E-state index contributed by atoms with van der Waals surface area (Å²) < 4.78 is 5.85. The molecule has 0 fully saturated rings. The highest BCUT2D eigenvalue weighted by molar-refractivity contribution is 5.90. The van der Waals surface area contributed by atoms with Gasteiger partial charge in [-0.15, -0.1) is 0 Å². The maximum Gasteiger partial charge on any atom is 0.224 e. The van der Waals surface area contributed by atoms with Crippen LogP contribution in [0.4, 0.5) is 5.69 Å². The number of carbonyl (C=O) groups is 1. The average molecular weight is 424 g/mol. The highest BCUT2D eigenvalue weighted by Crippen LogP contribution is 2.18. The predicted molar refractivity (Wildman–Crippen MR) is 132 cm³/mol. The lowest BCUT2D eigenvalue weighted by Crippen LogP contribution is -2.11. The molecule has 0 saturated carbocycles. The molecule has 1 amide bonds. The molecule has 0 aromatic heterocycles. The Morgan fingerprint density at radius 2 is 1.42 bits per heavy atom. The highest BCUT2D eigenvalue weighted by atomic mass is 16.5. The van der Waals surface area contributed by atoms with Crippen molar-refractivity contribution in [2.45, 2.75) is 90.4 Å². The van der Waals surface area contributed by atoms with Crippen LogP contribution >= 0.6 is 0 Å². The van der Waals surface area contributed by atoms with Crippen LogP contribution in [-0.4, -0.2) is 12.5 Å². The van der Waals surface area contributed by atoms with Crippen LogP contribution < -0.4 is 10.1 Å². The molecule has 0 radical (unpaired) electrons. The van der Waals surface area contributed by atoms with E-state index in [-0.39, 0.29) is 5.91 Å². The van der Waals surface area contributed by atoms with E-state index < -0.39 is 0 Å². The van der Waals surface area contributed by atoms with Crippen LogP contribution in [0.1, 0.15) is 89.5 Å². The van der Waals surface area contributed by atoms with Crippen LogP contribution in [0.25, 0.3) is 0 Å². The van der Waals surface area contributed by atoms with Gasteiger partial charge in [0.25, 0.3) is 0 Å². The fourth-order valence-corrected chi connectivity index (χ4v) is 3.77. The standard InChI is InChI=1S/C28H41NO2/c1-2-3-4-5-6-7-8-9-10-11-15-21-28(30)29-26-19-16-20-27(24-26)31-23-22-25-17-13-12-14-18-25/h12-14,16-20,24H,2-11,15,21-23H2,1H3,(H,29,30). The van der Waals surface area contributed by atoms with Crippen LogP contribution in [0.15, 0.2) is 54.6 Å². The SMILES string of the molecule is CCCCCCCCCCCCCC(=O)Nc1cccc(OCCc2ccccc2)c1. The molecule has 0 heterocycles. The summed E-state index contributed by atoms with van der Waals surface area (Å²) in [6, 6.07) is 18.0. The Balaban J connectivity index is 1.52. The number of rotatable bonds is 17. The summed E-state index contributed by atoms with van der Waals surface area (Å²) in [5.41, 5.74) is 2.07. The van der Waals surface area contributed by atoms with Gasteiger partial charge in [0.15, 0.2) is 0 Å². The van der Waals surface area contributed by atoms with Crippen LogP contribution in [-0.2, 0) is 11.2 Å². The molecule has 0 aliphatic heterocycles. The average Bonchev–Trinajstić information content (AvgIpc) is 2.78. The summed E-state index contributed by atoms with van der Waals surface area (Å²) in [6.45, 7) is 2.89. The van der Waals surface area contributed by atoms with E-state index in [1.807, 2.05) is 42.5 Å². The monoisotopic (exact) mass is 423 g/mol. The normalized spacial score (nSPS) is 10.7. The van der Waals surface area contributed by atoms with E-state index >= 15 is 0 Å². The molecule has 0 aliphatic carbocycles. The Bertz CT molecular complexity index is 714. The number of amides is 1. The molecule has 0 atom stereocenters. The van der Waals surface area contributed by atoms with Crippen molar-refractivity contribution in [3.05, 3.63) is 60.2 Å². The van der Waals surface area contributed by atoms with Crippen molar-refractivity contribution < 1.29 is 9.53 Å². The van der Waals surface area contributed by atoms with Gasteiger partial charge in [-0.3, -0.25) is 4.79 Å². The third-order valence-corrected chi connectivity index (χ3v) is 5.63. The van der Waals surface area contributed by atoms with Gasteiger partial charge in [-0.05, 0) is 24.1 Å². The first-order valence-corrected chi connectivity index (χ1v) is 12.3. The summed E-state index contributed by atoms with van der Waals surface area (Å²) >= 11 is 0. The van der Waals surface area contributed by atoms with Crippen molar-refractivity contribution in [3.63, 3.8) is 0 Å². The number of benzene rings is 2. The molecule has 170 valence electrons. The maximum absolute atomic E-state index is 12.2. The van der Waals surface area contributed by atoms with Gasteiger partial charge in [0.2, 0.25) is 5.91 Å². The van der Waals surface area contributed by atoms with Gasteiger partial charge < -0.3 is 10.1 Å². The van der Waals surface area contributed by atoms with Crippen molar-refractivity contribution in [3.8, 4) is 5.75 Å². The highest BCUT2D eigenvalue weighted by Gasteiger charge is 2.04. The fraction of sp³-hybridized carbons (Fsp3) is 0.536. The molecular weight excluding hydrogens is 382 g/mol. The van der Waals surface area contributed by atoms with Gasteiger partial charge in [-0.1, -0.05) is 108 Å². The minimum absolute atomic E-state index is 0.0948. The van der Waals surface area contributed by atoms with Crippen molar-refractivity contribution in [1.29, 1.82) is 0 Å².